The second kappa shape index (κ2) is 6.75. The number of H-pyrrole nitrogens is 1. The van der Waals surface area contributed by atoms with Gasteiger partial charge in [-0.25, -0.2) is 8.42 Å². The van der Waals surface area contributed by atoms with Crippen LogP contribution in [0.3, 0.4) is 0 Å². The minimum absolute atomic E-state index is 0.351. The number of aromatic amines is 1. The third-order valence-electron chi connectivity index (χ3n) is 4.51. The Hall–Kier alpha value is -1.18. The molecule has 1 aliphatic heterocycles. The van der Waals surface area contributed by atoms with Crippen LogP contribution in [-0.4, -0.2) is 42.9 Å². The van der Waals surface area contributed by atoms with Crippen molar-refractivity contribution in [2.75, 3.05) is 19.3 Å². The molecule has 1 unspecified atom stereocenters. The van der Waals surface area contributed by atoms with Crippen LogP contribution in [-0.2, 0) is 22.8 Å². The lowest BCUT2D eigenvalue weighted by Gasteiger charge is -2.32. The summed E-state index contributed by atoms with van der Waals surface area (Å²) >= 11 is 1.82. The van der Waals surface area contributed by atoms with E-state index < -0.39 is 9.84 Å². The van der Waals surface area contributed by atoms with E-state index in [4.69, 9.17) is 0 Å². The number of nitrogens with zero attached hydrogens (tertiary/aromatic N) is 2. The molecule has 0 bridgehead atoms. The van der Waals surface area contributed by atoms with Crippen LogP contribution in [0.1, 0.15) is 29.0 Å². The fourth-order valence-electron chi connectivity index (χ4n) is 3.29. The van der Waals surface area contributed by atoms with Crippen molar-refractivity contribution in [1.82, 2.24) is 15.1 Å². The number of aryl methyl sites for hydroxylation is 1. The van der Waals surface area contributed by atoms with E-state index in [1.54, 1.807) is 0 Å². The van der Waals surface area contributed by atoms with Crippen molar-refractivity contribution in [3.63, 3.8) is 0 Å². The summed E-state index contributed by atoms with van der Waals surface area (Å²) in [6.07, 6.45) is 5.73. The SMILES string of the molecule is Cc1ccsc1CN1CCCC(Cc2[nH]ncc2S(C)(=O)=O)C1. The maximum atomic E-state index is 11.8. The lowest BCUT2D eigenvalue weighted by Crippen LogP contribution is -2.35. The van der Waals surface area contributed by atoms with E-state index in [2.05, 4.69) is 33.5 Å². The molecule has 7 heteroatoms. The van der Waals surface area contributed by atoms with Crippen LogP contribution in [0.25, 0.3) is 0 Å². The summed E-state index contributed by atoms with van der Waals surface area (Å²) in [5.41, 5.74) is 2.12. The van der Waals surface area contributed by atoms with Gasteiger partial charge >= 0.3 is 0 Å². The van der Waals surface area contributed by atoms with Gasteiger partial charge in [-0.15, -0.1) is 11.3 Å². The van der Waals surface area contributed by atoms with Crippen LogP contribution in [0, 0.1) is 12.8 Å². The van der Waals surface area contributed by atoms with Gasteiger partial charge in [0.15, 0.2) is 9.84 Å². The number of nitrogens with one attached hydrogen (secondary N) is 1. The molecule has 0 radical (unpaired) electrons. The molecule has 126 valence electrons. The van der Waals surface area contributed by atoms with Crippen molar-refractivity contribution in [1.29, 1.82) is 0 Å². The highest BCUT2D eigenvalue weighted by Gasteiger charge is 2.24. The summed E-state index contributed by atoms with van der Waals surface area (Å²) in [5.74, 6) is 0.477. The molecule has 2 aromatic rings. The van der Waals surface area contributed by atoms with Gasteiger partial charge in [0.25, 0.3) is 0 Å². The number of aromatic nitrogens is 2. The van der Waals surface area contributed by atoms with Crippen molar-refractivity contribution in [2.45, 2.75) is 37.6 Å². The zero-order valence-corrected chi connectivity index (χ0v) is 15.2. The van der Waals surface area contributed by atoms with Crippen LogP contribution in [0.5, 0.6) is 0 Å². The molecular weight excluding hydrogens is 330 g/mol. The molecule has 3 rings (SSSR count). The fraction of sp³-hybridized carbons (Fsp3) is 0.562. The van der Waals surface area contributed by atoms with Crippen molar-refractivity contribution in [3.05, 3.63) is 33.8 Å². The van der Waals surface area contributed by atoms with E-state index in [0.717, 1.165) is 44.6 Å². The smallest absolute Gasteiger partial charge is 0.178 e. The third-order valence-corrected chi connectivity index (χ3v) is 6.67. The van der Waals surface area contributed by atoms with Crippen LogP contribution in [0.15, 0.2) is 22.5 Å². The molecular formula is C16H23N3O2S2. The average molecular weight is 354 g/mol. The molecule has 5 nitrogen and oxygen atoms in total. The Morgan fingerprint density at radius 3 is 3.00 bits per heavy atom. The number of rotatable bonds is 5. The highest BCUT2D eigenvalue weighted by atomic mass is 32.2. The fourth-order valence-corrected chi connectivity index (χ4v) is 5.06. The molecule has 3 heterocycles. The van der Waals surface area contributed by atoms with E-state index in [1.807, 2.05) is 11.3 Å². The highest BCUT2D eigenvalue weighted by molar-refractivity contribution is 7.90. The normalized spacial score (nSPS) is 20.0. The Kier molecular flexibility index (Phi) is 4.89. The summed E-state index contributed by atoms with van der Waals surface area (Å²) in [7, 11) is -3.21. The van der Waals surface area contributed by atoms with Crippen LogP contribution < -0.4 is 0 Å². The molecule has 1 N–H and O–H groups in total. The first kappa shape index (κ1) is 16.7. The van der Waals surface area contributed by atoms with E-state index in [-0.39, 0.29) is 0 Å². The topological polar surface area (TPSA) is 66.1 Å². The Labute approximate surface area is 141 Å². The summed E-state index contributed by atoms with van der Waals surface area (Å²) < 4.78 is 23.6. The minimum Gasteiger partial charge on any atom is -0.298 e. The first-order valence-corrected chi connectivity index (χ1v) is 10.7. The molecule has 0 amide bonds. The number of piperidine rings is 1. The molecule has 0 aromatic carbocycles. The van der Waals surface area contributed by atoms with Gasteiger partial charge in [0.1, 0.15) is 4.90 Å². The Morgan fingerprint density at radius 1 is 1.48 bits per heavy atom. The number of sulfone groups is 1. The van der Waals surface area contributed by atoms with Gasteiger partial charge in [0.2, 0.25) is 0 Å². The van der Waals surface area contributed by atoms with Crippen LogP contribution in [0.4, 0.5) is 0 Å². The standard InChI is InChI=1S/C16H23N3O2S2/c1-12-5-7-22-15(12)11-19-6-3-4-13(10-19)8-14-16(9-17-18-14)23(2,20)21/h5,7,9,13H,3-4,6,8,10-11H2,1-2H3,(H,17,18). The third kappa shape index (κ3) is 4.02. The number of likely N-dealkylation sites (tertiary alicyclic amines) is 1. The summed E-state index contributed by atoms with van der Waals surface area (Å²) in [5, 5.41) is 8.96. The largest absolute Gasteiger partial charge is 0.298 e. The van der Waals surface area contributed by atoms with Gasteiger partial charge in [0, 0.05) is 24.2 Å². The van der Waals surface area contributed by atoms with E-state index in [9.17, 15) is 8.42 Å². The van der Waals surface area contributed by atoms with Crippen molar-refractivity contribution in [3.8, 4) is 0 Å². The quantitative estimate of drug-likeness (QED) is 0.897. The second-order valence-corrected chi connectivity index (χ2v) is 9.44. The molecule has 1 fully saturated rings. The Morgan fingerprint density at radius 2 is 2.30 bits per heavy atom. The molecule has 2 aromatic heterocycles. The molecule has 1 aliphatic rings. The maximum absolute atomic E-state index is 11.8. The van der Waals surface area contributed by atoms with Crippen molar-refractivity contribution >= 4 is 21.2 Å². The molecule has 23 heavy (non-hydrogen) atoms. The summed E-state index contributed by atoms with van der Waals surface area (Å²) in [6, 6.07) is 2.17. The first-order valence-electron chi connectivity index (χ1n) is 7.91. The molecule has 0 saturated carbocycles. The zero-order chi connectivity index (χ0) is 16.4. The minimum atomic E-state index is -3.21. The molecule has 0 spiro atoms. The number of hydrogen-bond donors (Lipinski definition) is 1. The van der Waals surface area contributed by atoms with Gasteiger partial charge in [-0.1, -0.05) is 0 Å². The lowest BCUT2D eigenvalue weighted by atomic mass is 9.93. The molecule has 1 saturated heterocycles. The van der Waals surface area contributed by atoms with Gasteiger partial charge < -0.3 is 0 Å². The number of hydrogen-bond acceptors (Lipinski definition) is 5. The van der Waals surface area contributed by atoms with E-state index >= 15 is 0 Å². The second-order valence-electron chi connectivity index (χ2n) is 6.46. The Balaban J connectivity index is 1.65. The van der Waals surface area contributed by atoms with Crippen molar-refractivity contribution in [2.24, 2.45) is 5.92 Å². The van der Waals surface area contributed by atoms with Gasteiger partial charge in [0.05, 0.1) is 11.9 Å². The highest BCUT2D eigenvalue weighted by Crippen LogP contribution is 2.26. The van der Waals surface area contributed by atoms with Gasteiger partial charge in [-0.05, 0) is 55.7 Å². The number of thiophene rings is 1. The monoisotopic (exact) mass is 353 g/mol. The first-order chi connectivity index (χ1) is 10.9. The maximum Gasteiger partial charge on any atom is 0.178 e. The van der Waals surface area contributed by atoms with E-state index in [0.29, 0.717) is 10.8 Å². The van der Waals surface area contributed by atoms with Crippen LogP contribution in [0.2, 0.25) is 0 Å². The lowest BCUT2D eigenvalue weighted by molar-refractivity contribution is 0.167. The average Bonchev–Trinajstić information content (AvgIpc) is 3.09. The summed E-state index contributed by atoms with van der Waals surface area (Å²) in [4.78, 5) is 4.27. The van der Waals surface area contributed by atoms with Crippen molar-refractivity contribution < 1.29 is 8.42 Å². The van der Waals surface area contributed by atoms with Gasteiger partial charge in [-0.3, -0.25) is 10.00 Å². The predicted octanol–water partition coefficient (Wildman–Crippen LogP) is 2.64. The molecule has 0 aliphatic carbocycles. The van der Waals surface area contributed by atoms with Crippen LogP contribution >= 0.6 is 11.3 Å². The predicted molar refractivity (Wildman–Crippen MR) is 92.5 cm³/mol. The van der Waals surface area contributed by atoms with E-state index in [1.165, 1.54) is 22.9 Å². The summed E-state index contributed by atoms with van der Waals surface area (Å²) in [6.45, 7) is 5.30. The Bertz CT molecular complexity index is 764. The molecule has 1 atom stereocenters. The van der Waals surface area contributed by atoms with Gasteiger partial charge in [-0.2, -0.15) is 5.10 Å². The zero-order valence-electron chi connectivity index (χ0n) is 13.6.